The van der Waals surface area contributed by atoms with Crippen molar-refractivity contribution in [3.8, 4) is 0 Å². The monoisotopic (exact) mass is 143 g/mol. The summed E-state index contributed by atoms with van der Waals surface area (Å²) in [5.74, 6) is 1.09. The molecule has 0 amide bonds. The summed E-state index contributed by atoms with van der Waals surface area (Å²) in [7, 11) is 0. The van der Waals surface area contributed by atoms with E-state index in [-0.39, 0.29) is 0 Å². The molecule has 2 aliphatic rings. The van der Waals surface area contributed by atoms with Crippen LogP contribution in [0.5, 0.6) is 0 Å². The van der Waals surface area contributed by atoms with Crippen LogP contribution in [0.25, 0.3) is 0 Å². The highest BCUT2D eigenvalue weighted by molar-refractivity contribution is 4.86. The lowest BCUT2D eigenvalue weighted by Gasteiger charge is -2.28. The van der Waals surface area contributed by atoms with Crippen molar-refractivity contribution < 1.29 is 4.39 Å². The van der Waals surface area contributed by atoms with E-state index in [1.807, 2.05) is 0 Å². The van der Waals surface area contributed by atoms with Gasteiger partial charge in [-0.3, -0.25) is 0 Å². The van der Waals surface area contributed by atoms with Crippen LogP contribution in [0, 0.1) is 11.8 Å². The lowest BCUT2D eigenvalue weighted by atomic mass is 9.95. The van der Waals surface area contributed by atoms with Gasteiger partial charge in [0.1, 0.15) is 6.17 Å². The molecule has 0 radical (unpaired) electrons. The van der Waals surface area contributed by atoms with Crippen molar-refractivity contribution in [1.82, 2.24) is 5.32 Å². The second-order valence-corrected chi connectivity index (χ2v) is 3.61. The summed E-state index contributed by atoms with van der Waals surface area (Å²) in [6, 6.07) is 0. The fourth-order valence-electron chi connectivity index (χ4n) is 1.48. The average Bonchev–Trinajstić information content (AvgIpc) is 2.58. The van der Waals surface area contributed by atoms with E-state index in [4.69, 9.17) is 0 Å². The first-order chi connectivity index (χ1) is 4.86. The number of nitrogens with one attached hydrogen (secondary N) is 1. The molecule has 0 aromatic heterocycles. The smallest absolute Gasteiger partial charge is 0.103 e. The van der Waals surface area contributed by atoms with Crippen LogP contribution in [0.2, 0.25) is 0 Å². The molecule has 1 unspecified atom stereocenters. The van der Waals surface area contributed by atoms with Gasteiger partial charge in [0.2, 0.25) is 0 Å². The Kier molecular flexibility index (Phi) is 1.65. The molecular weight excluding hydrogens is 129 g/mol. The third-order valence-corrected chi connectivity index (χ3v) is 2.56. The Morgan fingerprint density at radius 2 is 2.10 bits per heavy atom. The lowest BCUT2D eigenvalue weighted by molar-refractivity contribution is 0.202. The van der Waals surface area contributed by atoms with Gasteiger partial charge in [-0.05, 0) is 44.2 Å². The van der Waals surface area contributed by atoms with Gasteiger partial charge in [0, 0.05) is 0 Å². The minimum Gasteiger partial charge on any atom is -0.316 e. The quantitative estimate of drug-likeness (QED) is 0.628. The summed E-state index contributed by atoms with van der Waals surface area (Å²) in [5, 5.41) is 3.16. The maximum absolute atomic E-state index is 13.0. The largest absolute Gasteiger partial charge is 0.316 e. The van der Waals surface area contributed by atoms with Gasteiger partial charge in [-0.25, -0.2) is 4.39 Å². The molecule has 0 aromatic rings. The SMILES string of the molecule is FC(CC1CNC1)C1CC1. The van der Waals surface area contributed by atoms with Crippen molar-refractivity contribution in [2.24, 2.45) is 11.8 Å². The molecule has 1 N–H and O–H groups in total. The van der Waals surface area contributed by atoms with Crippen molar-refractivity contribution in [2.45, 2.75) is 25.4 Å². The van der Waals surface area contributed by atoms with Crippen LogP contribution in [0.3, 0.4) is 0 Å². The maximum atomic E-state index is 13.0. The Bertz CT molecular complexity index is 118. The first-order valence-corrected chi connectivity index (χ1v) is 4.21. The van der Waals surface area contributed by atoms with Gasteiger partial charge in [0.25, 0.3) is 0 Å². The Morgan fingerprint density at radius 3 is 2.50 bits per heavy atom. The predicted octanol–water partition coefficient (Wildman–Crippen LogP) is 1.34. The third kappa shape index (κ3) is 1.31. The van der Waals surface area contributed by atoms with Crippen molar-refractivity contribution in [3.05, 3.63) is 0 Å². The molecule has 1 aliphatic heterocycles. The topological polar surface area (TPSA) is 12.0 Å². The minimum absolute atomic E-state index is 0.445. The molecule has 0 aromatic carbocycles. The molecular formula is C8H14FN. The van der Waals surface area contributed by atoms with E-state index >= 15 is 0 Å². The fraction of sp³-hybridized carbons (Fsp3) is 1.00. The Hall–Kier alpha value is -0.110. The average molecular weight is 143 g/mol. The zero-order valence-electron chi connectivity index (χ0n) is 6.15. The van der Waals surface area contributed by atoms with Crippen LogP contribution in [0.4, 0.5) is 4.39 Å². The van der Waals surface area contributed by atoms with E-state index in [1.165, 1.54) is 0 Å². The normalized spacial score (nSPS) is 29.7. The van der Waals surface area contributed by atoms with Gasteiger partial charge >= 0.3 is 0 Å². The first kappa shape index (κ1) is 6.59. The summed E-state index contributed by atoms with van der Waals surface area (Å²) >= 11 is 0. The lowest BCUT2D eigenvalue weighted by Crippen LogP contribution is -2.43. The number of rotatable bonds is 3. The second kappa shape index (κ2) is 2.50. The summed E-state index contributed by atoms with van der Waals surface area (Å²) in [6.45, 7) is 2.10. The highest BCUT2D eigenvalue weighted by Gasteiger charge is 2.33. The van der Waals surface area contributed by atoms with Gasteiger partial charge in [0.05, 0.1) is 0 Å². The molecule has 58 valence electrons. The van der Waals surface area contributed by atoms with Gasteiger partial charge in [-0.1, -0.05) is 0 Å². The summed E-state index contributed by atoms with van der Waals surface area (Å²) in [6.07, 6.45) is 2.62. The standard InChI is InChI=1S/C8H14FN/c9-8(7-1-2-7)3-6-4-10-5-6/h6-8,10H,1-5H2. The highest BCUT2D eigenvalue weighted by atomic mass is 19.1. The van der Waals surface area contributed by atoms with Gasteiger partial charge < -0.3 is 5.32 Å². The molecule has 2 heteroatoms. The number of alkyl halides is 1. The zero-order valence-corrected chi connectivity index (χ0v) is 6.15. The molecule has 1 nitrogen and oxygen atoms in total. The van der Waals surface area contributed by atoms with Crippen LogP contribution in [0.1, 0.15) is 19.3 Å². The molecule has 2 fully saturated rings. The molecule has 1 saturated carbocycles. The van der Waals surface area contributed by atoms with Gasteiger partial charge in [-0.15, -0.1) is 0 Å². The zero-order chi connectivity index (χ0) is 6.97. The molecule has 0 bridgehead atoms. The van der Waals surface area contributed by atoms with Gasteiger partial charge in [-0.2, -0.15) is 0 Å². The molecule has 2 rings (SSSR count). The van der Waals surface area contributed by atoms with E-state index in [2.05, 4.69) is 5.32 Å². The van der Waals surface area contributed by atoms with E-state index in [9.17, 15) is 4.39 Å². The van der Waals surface area contributed by atoms with Crippen LogP contribution in [-0.2, 0) is 0 Å². The van der Waals surface area contributed by atoms with Crippen molar-refractivity contribution >= 4 is 0 Å². The van der Waals surface area contributed by atoms with Gasteiger partial charge in [0.15, 0.2) is 0 Å². The Balaban J connectivity index is 1.67. The number of hydrogen-bond acceptors (Lipinski definition) is 1. The van der Waals surface area contributed by atoms with E-state index in [1.54, 1.807) is 0 Å². The second-order valence-electron chi connectivity index (χ2n) is 3.61. The Morgan fingerprint density at radius 1 is 1.40 bits per heavy atom. The van der Waals surface area contributed by atoms with E-state index in [0.717, 1.165) is 32.4 Å². The highest BCUT2D eigenvalue weighted by Crippen LogP contribution is 2.37. The van der Waals surface area contributed by atoms with Crippen LogP contribution in [-0.4, -0.2) is 19.3 Å². The first-order valence-electron chi connectivity index (χ1n) is 4.21. The predicted molar refractivity (Wildman–Crippen MR) is 38.6 cm³/mol. The molecule has 0 spiro atoms. The molecule has 1 atom stereocenters. The van der Waals surface area contributed by atoms with E-state index < -0.39 is 6.17 Å². The summed E-state index contributed by atoms with van der Waals surface area (Å²) in [5.41, 5.74) is 0. The summed E-state index contributed by atoms with van der Waals surface area (Å²) in [4.78, 5) is 0. The van der Waals surface area contributed by atoms with Crippen LogP contribution in [0.15, 0.2) is 0 Å². The third-order valence-electron chi connectivity index (χ3n) is 2.56. The van der Waals surface area contributed by atoms with Crippen LogP contribution >= 0.6 is 0 Å². The van der Waals surface area contributed by atoms with E-state index in [0.29, 0.717) is 11.8 Å². The maximum Gasteiger partial charge on any atom is 0.103 e. The molecule has 1 saturated heterocycles. The van der Waals surface area contributed by atoms with Crippen LogP contribution < -0.4 is 5.32 Å². The van der Waals surface area contributed by atoms with Crippen molar-refractivity contribution in [2.75, 3.05) is 13.1 Å². The Labute approximate surface area is 61.0 Å². The van der Waals surface area contributed by atoms with Crippen molar-refractivity contribution in [3.63, 3.8) is 0 Å². The minimum atomic E-state index is -0.480. The summed E-state index contributed by atoms with van der Waals surface area (Å²) < 4.78 is 13.0. The fourth-order valence-corrected chi connectivity index (χ4v) is 1.48. The molecule has 1 heterocycles. The number of halogens is 1. The van der Waals surface area contributed by atoms with Crippen molar-refractivity contribution in [1.29, 1.82) is 0 Å². The molecule has 1 aliphatic carbocycles. The number of hydrogen-bond donors (Lipinski definition) is 1. The molecule has 10 heavy (non-hydrogen) atoms.